The number of thiocarbonyl (C=S) groups is 1. The standard InChI is InChI=1S/C27H30N4O2S2/c1-5-30-24(29-12-6-7-18(3)15-29)21(19(4)22(14-28)25(30)32)13-23-26(33)31(27(34)35-23)16-20-10-8-17(2)9-11-20/h8-11,13,18H,5-7,12,15-16H2,1-4H3/b23-13-. The number of carbonyl (C=O) groups is 1. The number of aromatic nitrogens is 1. The molecule has 3 heterocycles. The number of piperidine rings is 1. The molecule has 4 rings (SSSR count). The fraction of sp³-hybridized carbons (Fsp3) is 0.407. The highest BCUT2D eigenvalue weighted by Crippen LogP contribution is 2.37. The van der Waals surface area contributed by atoms with Crippen molar-refractivity contribution in [3.05, 3.63) is 67.3 Å². The summed E-state index contributed by atoms with van der Waals surface area (Å²) in [7, 11) is 0. The van der Waals surface area contributed by atoms with E-state index in [1.165, 1.54) is 11.8 Å². The minimum Gasteiger partial charge on any atom is -0.357 e. The molecule has 1 aromatic heterocycles. The maximum absolute atomic E-state index is 13.4. The first-order valence-corrected chi connectivity index (χ1v) is 13.2. The number of benzene rings is 1. The molecule has 1 aromatic carbocycles. The lowest BCUT2D eigenvalue weighted by Gasteiger charge is -2.35. The minimum absolute atomic E-state index is 0.127. The van der Waals surface area contributed by atoms with Gasteiger partial charge in [0.2, 0.25) is 0 Å². The smallest absolute Gasteiger partial charge is 0.270 e. The third kappa shape index (κ3) is 4.93. The van der Waals surface area contributed by atoms with Gasteiger partial charge in [-0.05, 0) is 56.7 Å². The van der Waals surface area contributed by atoms with Gasteiger partial charge in [-0.25, -0.2) is 0 Å². The number of rotatable bonds is 5. The van der Waals surface area contributed by atoms with Crippen LogP contribution in [0, 0.1) is 31.1 Å². The van der Waals surface area contributed by atoms with Crippen LogP contribution in [0.15, 0.2) is 34.0 Å². The molecular formula is C27H30N4O2S2. The third-order valence-corrected chi connectivity index (χ3v) is 8.11. The first kappa shape index (κ1) is 25.2. The molecule has 1 amide bonds. The van der Waals surface area contributed by atoms with E-state index in [1.54, 1.807) is 16.4 Å². The van der Waals surface area contributed by atoms with Gasteiger partial charge in [0.25, 0.3) is 11.5 Å². The second kappa shape index (κ2) is 10.4. The Bertz CT molecular complexity index is 1300. The summed E-state index contributed by atoms with van der Waals surface area (Å²) < 4.78 is 2.19. The Labute approximate surface area is 216 Å². The second-order valence-corrected chi connectivity index (χ2v) is 11.0. The zero-order valence-corrected chi connectivity index (χ0v) is 22.3. The lowest BCUT2D eigenvalue weighted by molar-refractivity contribution is -0.122. The van der Waals surface area contributed by atoms with Crippen molar-refractivity contribution in [1.29, 1.82) is 5.26 Å². The topological polar surface area (TPSA) is 69.3 Å². The average molecular weight is 507 g/mol. The molecule has 0 aliphatic carbocycles. The van der Waals surface area contributed by atoms with Crippen molar-refractivity contribution < 1.29 is 4.79 Å². The van der Waals surface area contributed by atoms with E-state index in [0.717, 1.165) is 48.4 Å². The molecule has 1 atom stereocenters. The average Bonchev–Trinajstić information content (AvgIpc) is 3.09. The van der Waals surface area contributed by atoms with Gasteiger partial charge in [0.05, 0.1) is 11.4 Å². The number of anilines is 1. The molecule has 0 saturated carbocycles. The van der Waals surface area contributed by atoms with Crippen LogP contribution in [0.3, 0.4) is 0 Å². The summed E-state index contributed by atoms with van der Waals surface area (Å²) in [5.74, 6) is 1.15. The van der Waals surface area contributed by atoms with E-state index in [9.17, 15) is 14.9 Å². The van der Waals surface area contributed by atoms with Crippen molar-refractivity contribution in [1.82, 2.24) is 9.47 Å². The number of amides is 1. The zero-order valence-electron chi connectivity index (χ0n) is 20.6. The summed E-state index contributed by atoms with van der Waals surface area (Å²) in [4.78, 5) is 31.0. The summed E-state index contributed by atoms with van der Waals surface area (Å²) in [5, 5.41) is 9.77. The predicted molar refractivity (Wildman–Crippen MR) is 146 cm³/mol. The highest BCUT2D eigenvalue weighted by Gasteiger charge is 2.33. The van der Waals surface area contributed by atoms with Crippen LogP contribution in [0.5, 0.6) is 0 Å². The first-order chi connectivity index (χ1) is 16.7. The Morgan fingerprint density at radius 2 is 1.94 bits per heavy atom. The largest absolute Gasteiger partial charge is 0.357 e. The molecular weight excluding hydrogens is 476 g/mol. The van der Waals surface area contributed by atoms with E-state index in [0.29, 0.717) is 33.8 Å². The summed E-state index contributed by atoms with van der Waals surface area (Å²) >= 11 is 6.84. The Kier molecular flexibility index (Phi) is 7.48. The van der Waals surface area contributed by atoms with E-state index < -0.39 is 0 Å². The van der Waals surface area contributed by atoms with Gasteiger partial charge in [0.1, 0.15) is 21.8 Å². The maximum Gasteiger partial charge on any atom is 0.270 e. The number of nitriles is 1. The van der Waals surface area contributed by atoms with Gasteiger partial charge in [-0.15, -0.1) is 0 Å². The molecule has 2 aliphatic rings. The molecule has 2 saturated heterocycles. The van der Waals surface area contributed by atoms with Gasteiger partial charge in [0, 0.05) is 25.2 Å². The SMILES string of the molecule is CCn1c(N2CCCC(C)C2)c(/C=C2\SC(=S)N(Cc3ccc(C)cc3)C2=O)c(C)c(C#N)c1=O. The van der Waals surface area contributed by atoms with Crippen LogP contribution in [0.25, 0.3) is 6.08 Å². The van der Waals surface area contributed by atoms with E-state index >= 15 is 0 Å². The second-order valence-electron chi connectivity index (χ2n) is 9.35. The molecule has 0 radical (unpaired) electrons. The minimum atomic E-state index is -0.273. The molecule has 0 N–H and O–H groups in total. The molecule has 6 nitrogen and oxygen atoms in total. The Morgan fingerprint density at radius 3 is 2.57 bits per heavy atom. The van der Waals surface area contributed by atoms with Crippen LogP contribution in [0.1, 0.15) is 54.5 Å². The van der Waals surface area contributed by atoms with Gasteiger partial charge in [-0.1, -0.05) is 60.7 Å². The predicted octanol–water partition coefficient (Wildman–Crippen LogP) is 4.99. The van der Waals surface area contributed by atoms with Crippen LogP contribution >= 0.6 is 24.0 Å². The van der Waals surface area contributed by atoms with Crippen molar-refractivity contribution in [3.63, 3.8) is 0 Å². The number of pyridine rings is 1. The molecule has 2 fully saturated rings. The number of hydrogen-bond acceptors (Lipinski definition) is 6. The lowest BCUT2D eigenvalue weighted by Crippen LogP contribution is -2.40. The van der Waals surface area contributed by atoms with Crippen LogP contribution in [0.4, 0.5) is 5.82 Å². The molecule has 2 aliphatic heterocycles. The molecule has 8 heteroatoms. The van der Waals surface area contributed by atoms with Gasteiger partial charge in [-0.3, -0.25) is 19.1 Å². The monoisotopic (exact) mass is 506 g/mol. The molecule has 35 heavy (non-hydrogen) atoms. The van der Waals surface area contributed by atoms with Gasteiger partial charge in [0.15, 0.2) is 0 Å². The fourth-order valence-electron chi connectivity index (χ4n) is 4.80. The third-order valence-electron chi connectivity index (χ3n) is 6.73. The number of carbonyl (C=O) groups excluding carboxylic acids is 1. The van der Waals surface area contributed by atoms with Crippen LogP contribution in [-0.2, 0) is 17.9 Å². The maximum atomic E-state index is 13.4. The molecule has 0 spiro atoms. The van der Waals surface area contributed by atoms with Crippen LogP contribution < -0.4 is 10.5 Å². The van der Waals surface area contributed by atoms with E-state index in [2.05, 4.69) is 17.9 Å². The van der Waals surface area contributed by atoms with Crippen LogP contribution in [-0.4, -0.2) is 32.8 Å². The lowest BCUT2D eigenvalue weighted by atomic mass is 9.98. The Balaban J connectivity index is 1.80. The fourth-order valence-corrected chi connectivity index (χ4v) is 6.04. The number of hydrogen-bond donors (Lipinski definition) is 0. The summed E-state index contributed by atoms with van der Waals surface area (Å²) in [6.45, 7) is 10.5. The number of thioether (sulfide) groups is 1. The first-order valence-electron chi connectivity index (χ1n) is 12.0. The Morgan fingerprint density at radius 1 is 1.23 bits per heavy atom. The highest BCUT2D eigenvalue weighted by molar-refractivity contribution is 8.26. The molecule has 1 unspecified atom stereocenters. The molecule has 2 aromatic rings. The van der Waals surface area contributed by atoms with Crippen molar-refractivity contribution >= 4 is 46.1 Å². The quantitative estimate of drug-likeness (QED) is 0.420. The van der Waals surface area contributed by atoms with Gasteiger partial charge >= 0.3 is 0 Å². The van der Waals surface area contributed by atoms with Gasteiger partial charge in [-0.2, -0.15) is 5.26 Å². The summed E-state index contributed by atoms with van der Waals surface area (Å²) in [6, 6.07) is 10.2. The van der Waals surface area contributed by atoms with Crippen molar-refractivity contribution in [2.24, 2.45) is 5.92 Å². The highest BCUT2D eigenvalue weighted by atomic mass is 32.2. The number of aryl methyl sites for hydroxylation is 1. The van der Waals surface area contributed by atoms with E-state index in [1.807, 2.05) is 44.2 Å². The normalized spacial score (nSPS) is 19.5. The zero-order chi connectivity index (χ0) is 25.3. The van der Waals surface area contributed by atoms with Crippen LogP contribution in [0.2, 0.25) is 0 Å². The molecule has 0 bridgehead atoms. The van der Waals surface area contributed by atoms with E-state index in [4.69, 9.17) is 12.2 Å². The van der Waals surface area contributed by atoms with Crippen molar-refractivity contribution in [2.45, 2.75) is 53.6 Å². The number of nitrogens with zero attached hydrogens (tertiary/aromatic N) is 4. The summed E-state index contributed by atoms with van der Waals surface area (Å²) in [6.07, 6.45) is 4.02. The summed E-state index contributed by atoms with van der Waals surface area (Å²) in [5.41, 5.74) is 3.39. The van der Waals surface area contributed by atoms with Crippen molar-refractivity contribution in [2.75, 3.05) is 18.0 Å². The van der Waals surface area contributed by atoms with Crippen molar-refractivity contribution in [3.8, 4) is 6.07 Å². The van der Waals surface area contributed by atoms with Gasteiger partial charge < -0.3 is 4.90 Å². The van der Waals surface area contributed by atoms with E-state index in [-0.39, 0.29) is 17.0 Å². The molecule has 182 valence electrons. The Hall–Kier alpha value is -2.89.